The number of hydrogen-bond acceptors (Lipinski definition) is 4. The number of nitrogens with one attached hydrogen (secondary N) is 1. The van der Waals surface area contributed by atoms with Crippen LogP contribution in [0.4, 0.5) is 5.69 Å². The van der Waals surface area contributed by atoms with Crippen molar-refractivity contribution in [1.29, 1.82) is 0 Å². The number of ether oxygens (including phenoxy) is 1. The van der Waals surface area contributed by atoms with Crippen molar-refractivity contribution in [3.8, 4) is 5.75 Å². The molecule has 0 spiro atoms. The van der Waals surface area contributed by atoms with Crippen LogP contribution in [0, 0.1) is 13.8 Å². The summed E-state index contributed by atoms with van der Waals surface area (Å²) in [6, 6.07) is 8.55. The average Bonchev–Trinajstić information content (AvgIpc) is 2.84. The van der Waals surface area contributed by atoms with E-state index in [0.29, 0.717) is 11.4 Å². The second kappa shape index (κ2) is 7.63. The van der Waals surface area contributed by atoms with Gasteiger partial charge >= 0.3 is 5.97 Å². The molecule has 1 unspecified atom stereocenters. The van der Waals surface area contributed by atoms with Crippen molar-refractivity contribution in [3.63, 3.8) is 0 Å². The molecular weight excluding hydrogens is 310 g/mol. The van der Waals surface area contributed by atoms with E-state index in [0.717, 1.165) is 11.4 Å². The van der Waals surface area contributed by atoms with Crippen LogP contribution in [0.2, 0.25) is 0 Å². The molecule has 0 aliphatic heterocycles. The van der Waals surface area contributed by atoms with Crippen molar-refractivity contribution < 1.29 is 19.4 Å². The van der Waals surface area contributed by atoms with Crippen LogP contribution in [0.15, 0.2) is 30.3 Å². The van der Waals surface area contributed by atoms with E-state index < -0.39 is 12.6 Å². The number of aromatic nitrogens is 2. The van der Waals surface area contributed by atoms with Gasteiger partial charge in [0.25, 0.3) is 0 Å². The molecule has 1 heterocycles. The fourth-order valence-corrected chi connectivity index (χ4v) is 2.47. The minimum atomic E-state index is -1.05. The molecule has 1 aromatic heterocycles. The predicted octanol–water partition coefficient (Wildman–Crippen LogP) is 2.55. The van der Waals surface area contributed by atoms with Gasteiger partial charge in [0.1, 0.15) is 5.75 Å². The average molecular weight is 331 g/mol. The topological polar surface area (TPSA) is 93.5 Å². The fourth-order valence-electron chi connectivity index (χ4n) is 2.47. The van der Waals surface area contributed by atoms with E-state index in [4.69, 9.17) is 9.84 Å². The fraction of sp³-hybridized carbons (Fsp3) is 0.353. The predicted molar refractivity (Wildman–Crippen MR) is 89.2 cm³/mol. The number of nitrogens with zero attached hydrogens (tertiary/aromatic N) is 2. The lowest BCUT2D eigenvalue weighted by atomic mass is 10.2. The number of hydrogen-bond donors (Lipinski definition) is 2. The molecule has 0 radical (unpaired) electrons. The molecule has 2 aromatic rings. The quantitative estimate of drug-likeness (QED) is 0.813. The van der Waals surface area contributed by atoms with E-state index >= 15 is 0 Å². The van der Waals surface area contributed by atoms with Crippen LogP contribution >= 0.6 is 0 Å². The monoisotopic (exact) mass is 331 g/mol. The van der Waals surface area contributed by atoms with Gasteiger partial charge in [0.15, 0.2) is 6.61 Å². The zero-order chi connectivity index (χ0) is 17.7. The summed E-state index contributed by atoms with van der Waals surface area (Å²) in [6.45, 7) is 5.38. The lowest BCUT2D eigenvalue weighted by Gasteiger charge is -2.14. The van der Waals surface area contributed by atoms with Gasteiger partial charge in [-0.15, -0.1) is 0 Å². The zero-order valence-electron chi connectivity index (χ0n) is 13.9. The molecule has 0 aliphatic rings. The normalized spacial score (nSPS) is 11.8. The van der Waals surface area contributed by atoms with E-state index in [2.05, 4.69) is 10.4 Å². The number of carboxylic acid groups (broad SMARTS) is 1. The maximum Gasteiger partial charge on any atom is 0.341 e. The highest BCUT2D eigenvalue weighted by atomic mass is 16.5. The SMILES string of the molecule is Cc1cc(C)n(C(C)CC(=O)Nc2cccc(OCC(=O)O)c2)n1. The highest BCUT2D eigenvalue weighted by Gasteiger charge is 2.14. The first-order chi connectivity index (χ1) is 11.3. The summed E-state index contributed by atoms with van der Waals surface area (Å²) in [5, 5.41) is 15.8. The van der Waals surface area contributed by atoms with E-state index in [-0.39, 0.29) is 18.4 Å². The first-order valence-corrected chi connectivity index (χ1v) is 7.62. The smallest absolute Gasteiger partial charge is 0.341 e. The minimum Gasteiger partial charge on any atom is -0.482 e. The number of anilines is 1. The summed E-state index contributed by atoms with van der Waals surface area (Å²) in [5.74, 6) is -0.810. The van der Waals surface area contributed by atoms with Crippen molar-refractivity contribution in [1.82, 2.24) is 9.78 Å². The first kappa shape index (κ1) is 17.5. The summed E-state index contributed by atoms with van der Waals surface area (Å²) in [5.41, 5.74) is 2.49. The van der Waals surface area contributed by atoms with Crippen LogP contribution in [-0.2, 0) is 9.59 Å². The molecule has 1 amide bonds. The molecule has 0 saturated heterocycles. The molecule has 0 aliphatic carbocycles. The standard InChI is InChI=1S/C17H21N3O4/c1-11-7-12(2)20(19-11)13(3)8-16(21)18-14-5-4-6-15(9-14)24-10-17(22)23/h4-7,9,13H,8,10H2,1-3H3,(H,18,21)(H,22,23). The molecule has 7 heteroatoms. The number of aliphatic carboxylic acids is 1. The van der Waals surface area contributed by atoms with Gasteiger partial charge in [-0.05, 0) is 39.0 Å². The molecule has 24 heavy (non-hydrogen) atoms. The number of rotatable bonds is 7. The summed E-state index contributed by atoms with van der Waals surface area (Å²) in [7, 11) is 0. The van der Waals surface area contributed by atoms with Gasteiger partial charge in [-0.25, -0.2) is 4.79 Å². The number of carbonyl (C=O) groups is 2. The zero-order valence-corrected chi connectivity index (χ0v) is 13.9. The van der Waals surface area contributed by atoms with E-state index in [1.54, 1.807) is 24.3 Å². The molecule has 7 nitrogen and oxygen atoms in total. The summed E-state index contributed by atoms with van der Waals surface area (Å²) in [6.07, 6.45) is 0.280. The molecule has 128 valence electrons. The summed E-state index contributed by atoms with van der Waals surface area (Å²) < 4.78 is 6.93. The molecule has 0 bridgehead atoms. The first-order valence-electron chi connectivity index (χ1n) is 7.62. The lowest BCUT2D eigenvalue weighted by Crippen LogP contribution is -2.19. The Bertz CT molecular complexity index is 739. The highest BCUT2D eigenvalue weighted by Crippen LogP contribution is 2.19. The van der Waals surface area contributed by atoms with Crippen LogP contribution in [0.3, 0.4) is 0 Å². The Kier molecular flexibility index (Phi) is 5.57. The van der Waals surface area contributed by atoms with Crippen molar-refractivity contribution in [3.05, 3.63) is 41.7 Å². The van der Waals surface area contributed by atoms with E-state index in [1.807, 2.05) is 31.5 Å². The van der Waals surface area contributed by atoms with Crippen LogP contribution in [0.5, 0.6) is 5.75 Å². The molecular formula is C17H21N3O4. The van der Waals surface area contributed by atoms with Gasteiger partial charge in [-0.3, -0.25) is 9.48 Å². The van der Waals surface area contributed by atoms with Crippen LogP contribution < -0.4 is 10.1 Å². The van der Waals surface area contributed by atoms with Gasteiger partial charge in [-0.2, -0.15) is 5.10 Å². The minimum absolute atomic E-state index is 0.0647. The van der Waals surface area contributed by atoms with Crippen molar-refractivity contribution in [2.75, 3.05) is 11.9 Å². The van der Waals surface area contributed by atoms with E-state index in [1.165, 1.54) is 0 Å². The number of carboxylic acids is 1. The molecule has 0 fully saturated rings. The highest BCUT2D eigenvalue weighted by molar-refractivity contribution is 5.91. The van der Waals surface area contributed by atoms with Crippen molar-refractivity contribution in [2.24, 2.45) is 0 Å². The Morgan fingerprint density at radius 1 is 1.33 bits per heavy atom. The molecule has 1 atom stereocenters. The maximum atomic E-state index is 12.2. The van der Waals surface area contributed by atoms with Gasteiger partial charge < -0.3 is 15.2 Å². The summed E-state index contributed by atoms with van der Waals surface area (Å²) in [4.78, 5) is 22.7. The third kappa shape index (κ3) is 4.84. The van der Waals surface area contributed by atoms with Crippen LogP contribution in [-0.4, -0.2) is 33.4 Å². The second-order valence-corrected chi connectivity index (χ2v) is 5.68. The largest absolute Gasteiger partial charge is 0.482 e. The van der Waals surface area contributed by atoms with E-state index in [9.17, 15) is 9.59 Å². The van der Waals surface area contributed by atoms with Gasteiger partial charge in [0.2, 0.25) is 5.91 Å². The Labute approximate surface area is 140 Å². The van der Waals surface area contributed by atoms with Crippen LogP contribution in [0.1, 0.15) is 30.8 Å². The summed E-state index contributed by atoms with van der Waals surface area (Å²) >= 11 is 0. The maximum absolute atomic E-state index is 12.2. The number of aryl methyl sites for hydroxylation is 2. The van der Waals surface area contributed by atoms with Crippen molar-refractivity contribution in [2.45, 2.75) is 33.2 Å². The van der Waals surface area contributed by atoms with Crippen LogP contribution in [0.25, 0.3) is 0 Å². The number of amides is 1. The Morgan fingerprint density at radius 3 is 2.71 bits per heavy atom. The molecule has 2 rings (SSSR count). The third-order valence-electron chi connectivity index (χ3n) is 3.42. The molecule has 0 saturated carbocycles. The Hall–Kier alpha value is -2.83. The third-order valence-corrected chi connectivity index (χ3v) is 3.42. The van der Waals surface area contributed by atoms with Gasteiger partial charge in [-0.1, -0.05) is 6.07 Å². The number of carbonyl (C=O) groups excluding carboxylic acids is 1. The van der Waals surface area contributed by atoms with Crippen molar-refractivity contribution >= 4 is 17.6 Å². The second-order valence-electron chi connectivity index (χ2n) is 5.68. The van der Waals surface area contributed by atoms with Gasteiger partial charge in [0.05, 0.1) is 11.7 Å². The lowest BCUT2D eigenvalue weighted by molar-refractivity contribution is -0.139. The molecule has 1 aromatic carbocycles. The molecule has 2 N–H and O–H groups in total. The Balaban J connectivity index is 1.95. The van der Waals surface area contributed by atoms with Gasteiger partial charge in [0, 0.05) is 23.9 Å². The number of benzene rings is 1. The Morgan fingerprint density at radius 2 is 2.08 bits per heavy atom.